The van der Waals surface area contributed by atoms with Crippen LogP contribution in [0, 0.1) is 0 Å². The van der Waals surface area contributed by atoms with Crippen molar-refractivity contribution in [2.75, 3.05) is 0 Å². The third-order valence-electron chi connectivity index (χ3n) is 5.09. The lowest BCUT2D eigenvalue weighted by molar-refractivity contribution is 0.0890. The molecule has 5 heteroatoms. The lowest BCUT2D eigenvalue weighted by atomic mass is 9.92. The van der Waals surface area contributed by atoms with Crippen LogP contribution in [0.15, 0.2) is 73.2 Å². The fraction of sp³-hybridized carbons (Fsp3) is 0.261. The van der Waals surface area contributed by atoms with Gasteiger partial charge in [0.25, 0.3) is 5.91 Å². The van der Waals surface area contributed by atoms with Gasteiger partial charge in [0.15, 0.2) is 0 Å². The van der Waals surface area contributed by atoms with Crippen molar-refractivity contribution in [3.63, 3.8) is 0 Å². The Morgan fingerprint density at radius 3 is 2.29 bits per heavy atom. The number of carbonyl (C=O) groups excluding carboxylic acids is 1. The number of nitrogens with zero attached hydrogens (tertiary/aromatic N) is 2. The Bertz CT molecular complexity index is 890. The number of hydrogen-bond donors (Lipinski definition) is 1. The maximum absolute atomic E-state index is 12.6. The number of rotatable bonds is 5. The van der Waals surface area contributed by atoms with Gasteiger partial charge in [-0.3, -0.25) is 9.78 Å². The number of hydrogen-bond acceptors (Lipinski definition) is 4. The third kappa shape index (κ3) is 4.55. The number of nitrogens with one attached hydrogen (secondary N) is 1. The first-order valence-electron chi connectivity index (χ1n) is 9.67. The molecule has 1 aliphatic carbocycles. The lowest BCUT2D eigenvalue weighted by Crippen LogP contribution is -2.39. The van der Waals surface area contributed by atoms with Crippen LogP contribution in [0.2, 0.25) is 0 Å². The minimum Gasteiger partial charge on any atom is -0.473 e. The van der Waals surface area contributed by atoms with Gasteiger partial charge in [-0.1, -0.05) is 42.5 Å². The molecule has 5 nitrogen and oxygen atoms in total. The van der Waals surface area contributed by atoms with Gasteiger partial charge in [-0.15, -0.1) is 0 Å². The summed E-state index contributed by atoms with van der Waals surface area (Å²) in [6, 6.07) is 18.1. The molecule has 1 N–H and O–H groups in total. The summed E-state index contributed by atoms with van der Waals surface area (Å²) in [4.78, 5) is 20.7. The van der Waals surface area contributed by atoms with E-state index in [9.17, 15) is 4.79 Å². The molecular formula is C23H23N3O2. The Morgan fingerprint density at radius 2 is 1.61 bits per heavy atom. The van der Waals surface area contributed by atoms with E-state index in [0.717, 1.165) is 36.8 Å². The van der Waals surface area contributed by atoms with Crippen molar-refractivity contribution in [2.24, 2.45) is 0 Å². The fourth-order valence-corrected chi connectivity index (χ4v) is 3.56. The first-order chi connectivity index (χ1) is 13.8. The summed E-state index contributed by atoms with van der Waals surface area (Å²) in [5.41, 5.74) is 2.95. The summed E-state index contributed by atoms with van der Waals surface area (Å²) < 4.78 is 5.86. The first kappa shape index (κ1) is 18.2. The Kier molecular flexibility index (Phi) is 5.61. The molecule has 0 bridgehead atoms. The summed E-state index contributed by atoms with van der Waals surface area (Å²) in [6.45, 7) is 0. The van der Waals surface area contributed by atoms with E-state index in [1.165, 1.54) is 0 Å². The maximum Gasteiger partial charge on any atom is 0.251 e. The SMILES string of the molecule is O=C(NC1CCC(Oc2cnccn2)CC1)c1ccc(-c2ccccc2)cc1. The van der Waals surface area contributed by atoms with E-state index in [2.05, 4.69) is 27.4 Å². The zero-order valence-electron chi connectivity index (χ0n) is 15.6. The summed E-state index contributed by atoms with van der Waals surface area (Å²) in [5.74, 6) is 0.548. The molecule has 2 aromatic carbocycles. The van der Waals surface area contributed by atoms with Gasteiger partial charge >= 0.3 is 0 Å². The Hall–Kier alpha value is -3.21. The number of carbonyl (C=O) groups is 1. The van der Waals surface area contributed by atoms with Crippen molar-refractivity contribution < 1.29 is 9.53 Å². The van der Waals surface area contributed by atoms with Crippen molar-refractivity contribution >= 4 is 5.91 Å². The number of aromatic nitrogens is 2. The average Bonchev–Trinajstić information content (AvgIpc) is 2.76. The maximum atomic E-state index is 12.6. The zero-order chi connectivity index (χ0) is 19.2. The van der Waals surface area contributed by atoms with Crippen molar-refractivity contribution in [3.05, 3.63) is 78.8 Å². The highest BCUT2D eigenvalue weighted by Gasteiger charge is 2.24. The van der Waals surface area contributed by atoms with Crippen molar-refractivity contribution in [2.45, 2.75) is 37.8 Å². The van der Waals surface area contributed by atoms with E-state index in [1.807, 2.05) is 42.5 Å². The first-order valence-corrected chi connectivity index (χ1v) is 9.67. The highest BCUT2D eigenvalue weighted by atomic mass is 16.5. The van der Waals surface area contributed by atoms with Gasteiger partial charge in [0.1, 0.15) is 6.10 Å². The number of benzene rings is 2. The van der Waals surface area contributed by atoms with Crippen LogP contribution in [0.3, 0.4) is 0 Å². The second kappa shape index (κ2) is 8.65. The van der Waals surface area contributed by atoms with E-state index >= 15 is 0 Å². The fourth-order valence-electron chi connectivity index (χ4n) is 3.56. The second-order valence-electron chi connectivity index (χ2n) is 7.05. The topological polar surface area (TPSA) is 64.1 Å². The molecule has 0 saturated heterocycles. The van der Waals surface area contributed by atoms with Crippen LogP contribution >= 0.6 is 0 Å². The largest absolute Gasteiger partial charge is 0.473 e. The van der Waals surface area contributed by atoms with Crippen LogP contribution in [0.5, 0.6) is 5.88 Å². The molecule has 0 radical (unpaired) electrons. The lowest BCUT2D eigenvalue weighted by Gasteiger charge is -2.29. The molecule has 0 unspecified atom stereocenters. The number of amides is 1. The molecular weight excluding hydrogens is 350 g/mol. The van der Waals surface area contributed by atoms with Crippen LogP contribution in [0.1, 0.15) is 36.0 Å². The van der Waals surface area contributed by atoms with Gasteiger partial charge in [0.2, 0.25) is 5.88 Å². The Labute approximate surface area is 164 Å². The monoisotopic (exact) mass is 373 g/mol. The molecule has 0 spiro atoms. The van der Waals surface area contributed by atoms with E-state index in [1.54, 1.807) is 18.6 Å². The summed E-state index contributed by atoms with van der Waals surface area (Å²) >= 11 is 0. The smallest absolute Gasteiger partial charge is 0.251 e. The minimum atomic E-state index is -0.0158. The third-order valence-corrected chi connectivity index (χ3v) is 5.09. The molecule has 142 valence electrons. The van der Waals surface area contributed by atoms with Crippen LogP contribution in [-0.4, -0.2) is 28.0 Å². The van der Waals surface area contributed by atoms with Gasteiger partial charge in [-0.05, 0) is 48.9 Å². The average molecular weight is 373 g/mol. The van der Waals surface area contributed by atoms with E-state index in [-0.39, 0.29) is 18.1 Å². The second-order valence-corrected chi connectivity index (χ2v) is 7.05. The molecule has 1 fully saturated rings. The van der Waals surface area contributed by atoms with Crippen LogP contribution in [-0.2, 0) is 0 Å². The Morgan fingerprint density at radius 1 is 0.893 bits per heavy atom. The van der Waals surface area contributed by atoms with E-state index < -0.39 is 0 Å². The molecule has 28 heavy (non-hydrogen) atoms. The van der Waals surface area contributed by atoms with Crippen LogP contribution in [0.4, 0.5) is 0 Å². The summed E-state index contributed by atoms with van der Waals surface area (Å²) in [5, 5.41) is 3.16. The van der Waals surface area contributed by atoms with Crippen molar-refractivity contribution in [3.8, 4) is 17.0 Å². The predicted molar refractivity (Wildman–Crippen MR) is 108 cm³/mol. The summed E-state index contributed by atoms with van der Waals surface area (Å²) in [7, 11) is 0. The van der Waals surface area contributed by atoms with Gasteiger partial charge < -0.3 is 10.1 Å². The van der Waals surface area contributed by atoms with Gasteiger partial charge in [-0.2, -0.15) is 0 Å². The molecule has 1 amide bonds. The molecule has 0 aliphatic heterocycles. The molecule has 1 heterocycles. The molecule has 0 atom stereocenters. The standard InChI is InChI=1S/C23H23N3O2/c27-23(19-8-6-18(7-9-19)17-4-2-1-3-5-17)26-20-10-12-21(13-11-20)28-22-16-24-14-15-25-22/h1-9,14-16,20-21H,10-13H2,(H,26,27). The Balaban J connectivity index is 1.29. The molecule has 3 aromatic rings. The van der Waals surface area contributed by atoms with Gasteiger partial charge in [-0.25, -0.2) is 4.98 Å². The van der Waals surface area contributed by atoms with Crippen LogP contribution in [0.25, 0.3) is 11.1 Å². The number of ether oxygens (including phenoxy) is 1. The highest BCUT2D eigenvalue weighted by Crippen LogP contribution is 2.23. The van der Waals surface area contributed by atoms with Gasteiger partial charge in [0.05, 0.1) is 6.20 Å². The summed E-state index contributed by atoms with van der Waals surface area (Å²) in [6.07, 6.45) is 8.62. The molecule has 1 saturated carbocycles. The van der Waals surface area contributed by atoms with Crippen molar-refractivity contribution in [1.82, 2.24) is 15.3 Å². The quantitative estimate of drug-likeness (QED) is 0.726. The normalized spacial score (nSPS) is 19.0. The van der Waals surface area contributed by atoms with Gasteiger partial charge in [0, 0.05) is 24.0 Å². The molecule has 1 aromatic heterocycles. The zero-order valence-corrected chi connectivity index (χ0v) is 15.6. The minimum absolute atomic E-state index is 0.0158. The van der Waals surface area contributed by atoms with E-state index in [4.69, 9.17) is 4.74 Å². The highest BCUT2D eigenvalue weighted by molar-refractivity contribution is 5.94. The van der Waals surface area contributed by atoms with Crippen molar-refractivity contribution in [1.29, 1.82) is 0 Å². The molecule has 1 aliphatic rings. The van der Waals surface area contributed by atoms with Crippen LogP contribution < -0.4 is 10.1 Å². The molecule has 4 rings (SSSR count). The predicted octanol–water partition coefficient (Wildman–Crippen LogP) is 4.26. The van der Waals surface area contributed by atoms with E-state index in [0.29, 0.717) is 11.4 Å².